The van der Waals surface area contributed by atoms with Gasteiger partial charge in [0.1, 0.15) is 11.5 Å². The number of aliphatic hydroxyl groups excluding tert-OH is 1. The van der Waals surface area contributed by atoms with E-state index in [0.717, 1.165) is 16.7 Å². The Kier molecular flexibility index (Phi) is 7.09. The fourth-order valence-corrected chi connectivity index (χ4v) is 4.98. The number of amides is 3. The monoisotopic (exact) mass is 438 g/mol. The van der Waals surface area contributed by atoms with Crippen LogP contribution in [0.4, 0.5) is 4.79 Å². The van der Waals surface area contributed by atoms with Crippen LogP contribution in [-0.4, -0.2) is 71.5 Å². The highest BCUT2D eigenvalue weighted by atomic mass is 32.2. The molecule has 1 aromatic rings. The van der Waals surface area contributed by atoms with Gasteiger partial charge in [0.2, 0.25) is 5.91 Å². The lowest BCUT2D eigenvalue weighted by atomic mass is 10.1. The molecule has 0 saturated carbocycles. The molecule has 29 heavy (non-hydrogen) atoms. The van der Waals surface area contributed by atoms with E-state index in [1.165, 1.54) is 14.2 Å². The zero-order valence-corrected chi connectivity index (χ0v) is 17.7. The van der Waals surface area contributed by atoms with E-state index < -0.39 is 17.3 Å². The van der Waals surface area contributed by atoms with Crippen LogP contribution >= 0.6 is 23.5 Å². The first-order valence-electron chi connectivity index (χ1n) is 8.95. The molecule has 156 valence electrons. The van der Waals surface area contributed by atoms with Crippen LogP contribution in [0.5, 0.6) is 11.5 Å². The first-order valence-corrected chi connectivity index (χ1v) is 10.9. The number of aliphatic hydroxyl groups is 1. The minimum atomic E-state index is -0.568. The Balaban J connectivity index is 1.65. The largest absolute Gasteiger partial charge is 0.497 e. The second-order valence-electron chi connectivity index (χ2n) is 6.47. The summed E-state index contributed by atoms with van der Waals surface area (Å²) in [6, 6.07) is 4.88. The number of ether oxygens (including phenoxy) is 2. The SMILES string of the molecule is COc1ccc(OC)c(/C=C2\SC(=O)N(CCC(=O)NC3CSCC3O)C2=O)c1. The number of nitrogens with zero attached hydrogens (tertiary/aromatic N) is 1. The van der Waals surface area contributed by atoms with Crippen molar-refractivity contribution in [1.29, 1.82) is 0 Å². The van der Waals surface area contributed by atoms with Crippen LogP contribution in [0.1, 0.15) is 12.0 Å². The first kappa shape index (κ1) is 21.5. The van der Waals surface area contributed by atoms with Crippen molar-refractivity contribution in [2.24, 2.45) is 0 Å². The summed E-state index contributed by atoms with van der Waals surface area (Å²) in [6.07, 6.45) is 1.00. The summed E-state index contributed by atoms with van der Waals surface area (Å²) in [5, 5.41) is 12.1. The molecule has 0 aliphatic carbocycles. The first-order chi connectivity index (χ1) is 13.9. The van der Waals surface area contributed by atoms with Gasteiger partial charge in [0.15, 0.2) is 0 Å². The summed E-state index contributed by atoms with van der Waals surface area (Å²) < 4.78 is 10.5. The van der Waals surface area contributed by atoms with Crippen LogP contribution in [-0.2, 0) is 9.59 Å². The summed E-state index contributed by atoms with van der Waals surface area (Å²) in [6.45, 7) is -0.0148. The number of imide groups is 1. The number of thioether (sulfide) groups is 2. The van der Waals surface area contributed by atoms with Gasteiger partial charge in [-0.15, -0.1) is 0 Å². The van der Waals surface area contributed by atoms with Gasteiger partial charge in [0.25, 0.3) is 11.1 Å². The molecule has 3 rings (SSSR count). The van der Waals surface area contributed by atoms with Crippen LogP contribution in [0.25, 0.3) is 6.08 Å². The van der Waals surface area contributed by atoms with E-state index in [4.69, 9.17) is 9.47 Å². The van der Waals surface area contributed by atoms with E-state index in [9.17, 15) is 19.5 Å². The van der Waals surface area contributed by atoms with Gasteiger partial charge in [0, 0.05) is 30.0 Å². The summed E-state index contributed by atoms with van der Waals surface area (Å²) in [4.78, 5) is 38.3. The Labute approximate surface area is 177 Å². The van der Waals surface area contributed by atoms with E-state index in [-0.39, 0.29) is 29.8 Å². The van der Waals surface area contributed by atoms with Gasteiger partial charge in [0.05, 0.1) is 31.3 Å². The number of benzene rings is 1. The Morgan fingerprint density at radius 2 is 2.10 bits per heavy atom. The molecule has 0 spiro atoms. The number of hydrogen-bond acceptors (Lipinski definition) is 8. The lowest BCUT2D eigenvalue weighted by Gasteiger charge is -2.17. The van der Waals surface area contributed by atoms with E-state index in [1.54, 1.807) is 36.0 Å². The molecule has 8 nitrogen and oxygen atoms in total. The van der Waals surface area contributed by atoms with Crippen molar-refractivity contribution in [3.8, 4) is 11.5 Å². The third-order valence-electron chi connectivity index (χ3n) is 4.56. The second-order valence-corrected chi connectivity index (χ2v) is 8.54. The van der Waals surface area contributed by atoms with E-state index in [2.05, 4.69) is 5.32 Å². The summed E-state index contributed by atoms with van der Waals surface area (Å²) in [5.41, 5.74) is 0.614. The van der Waals surface area contributed by atoms with Crippen LogP contribution in [0.15, 0.2) is 23.1 Å². The van der Waals surface area contributed by atoms with Crippen molar-refractivity contribution in [2.45, 2.75) is 18.6 Å². The highest BCUT2D eigenvalue weighted by Gasteiger charge is 2.35. The Bertz CT molecular complexity index is 844. The van der Waals surface area contributed by atoms with Gasteiger partial charge in [-0.2, -0.15) is 11.8 Å². The average molecular weight is 439 g/mol. The molecule has 3 amide bonds. The maximum Gasteiger partial charge on any atom is 0.293 e. The Morgan fingerprint density at radius 3 is 2.76 bits per heavy atom. The third-order valence-corrected chi connectivity index (χ3v) is 6.64. The molecule has 0 bridgehead atoms. The summed E-state index contributed by atoms with van der Waals surface area (Å²) in [5.74, 6) is 1.64. The third kappa shape index (κ3) is 5.06. The zero-order chi connectivity index (χ0) is 21.0. The number of rotatable bonds is 7. The smallest absolute Gasteiger partial charge is 0.293 e. The van der Waals surface area contributed by atoms with Crippen molar-refractivity contribution < 1.29 is 29.0 Å². The number of methoxy groups -OCH3 is 2. The van der Waals surface area contributed by atoms with Gasteiger partial charge in [-0.25, -0.2) is 0 Å². The number of carbonyl (C=O) groups excluding carboxylic acids is 3. The molecule has 2 aliphatic rings. The molecule has 0 radical (unpaired) electrons. The number of hydrogen-bond donors (Lipinski definition) is 2. The van der Waals surface area contributed by atoms with Gasteiger partial charge in [-0.1, -0.05) is 0 Å². The Hall–Kier alpha value is -2.17. The number of carbonyl (C=O) groups is 3. The highest BCUT2D eigenvalue weighted by molar-refractivity contribution is 8.18. The summed E-state index contributed by atoms with van der Waals surface area (Å²) >= 11 is 2.39. The highest BCUT2D eigenvalue weighted by Crippen LogP contribution is 2.35. The molecule has 10 heteroatoms. The maximum absolute atomic E-state index is 12.7. The second kappa shape index (κ2) is 9.55. The predicted octanol–water partition coefficient (Wildman–Crippen LogP) is 1.72. The maximum atomic E-state index is 12.7. The van der Waals surface area contributed by atoms with E-state index in [0.29, 0.717) is 28.6 Å². The van der Waals surface area contributed by atoms with Gasteiger partial charge >= 0.3 is 0 Å². The normalized spacial score (nSPS) is 23.0. The van der Waals surface area contributed by atoms with E-state index in [1.807, 2.05) is 0 Å². The van der Waals surface area contributed by atoms with Gasteiger partial charge in [-0.3, -0.25) is 19.3 Å². The zero-order valence-electron chi connectivity index (χ0n) is 16.0. The fourth-order valence-electron chi connectivity index (χ4n) is 2.96. The minimum absolute atomic E-state index is 0.0122. The lowest BCUT2D eigenvalue weighted by Crippen LogP contribution is -2.43. The molecule has 0 aromatic heterocycles. The van der Waals surface area contributed by atoms with Crippen LogP contribution in [0.2, 0.25) is 0 Å². The molecule has 2 heterocycles. The molecule has 2 fully saturated rings. The molecule has 2 saturated heterocycles. The molecule has 2 aliphatic heterocycles. The van der Waals surface area contributed by atoms with Gasteiger partial charge in [-0.05, 0) is 36.0 Å². The fraction of sp³-hybridized carbons (Fsp3) is 0.421. The lowest BCUT2D eigenvalue weighted by molar-refractivity contribution is -0.124. The van der Waals surface area contributed by atoms with Crippen LogP contribution < -0.4 is 14.8 Å². The topological polar surface area (TPSA) is 105 Å². The van der Waals surface area contributed by atoms with Crippen LogP contribution in [0.3, 0.4) is 0 Å². The molecule has 2 N–H and O–H groups in total. The summed E-state index contributed by atoms with van der Waals surface area (Å²) in [7, 11) is 3.05. The molecular weight excluding hydrogens is 416 g/mol. The molecule has 1 aromatic carbocycles. The minimum Gasteiger partial charge on any atom is -0.497 e. The van der Waals surface area contributed by atoms with Crippen LogP contribution in [0, 0.1) is 0 Å². The standard InChI is InChI=1S/C19H22N2O6S2/c1-26-12-3-4-15(27-2)11(7-12)8-16-18(24)21(19(25)29-16)6-5-17(23)20-13-9-28-10-14(13)22/h3-4,7-8,13-14,22H,5-6,9-10H2,1-2H3,(H,20,23)/b16-8-. The molecule has 2 unspecified atom stereocenters. The quantitative estimate of drug-likeness (QED) is 0.620. The van der Waals surface area contributed by atoms with Crippen molar-refractivity contribution in [2.75, 3.05) is 32.3 Å². The van der Waals surface area contributed by atoms with Crippen molar-refractivity contribution in [1.82, 2.24) is 10.2 Å². The Morgan fingerprint density at radius 1 is 1.31 bits per heavy atom. The molecule has 2 atom stereocenters. The van der Waals surface area contributed by atoms with E-state index >= 15 is 0 Å². The van der Waals surface area contributed by atoms with Crippen molar-refractivity contribution in [3.63, 3.8) is 0 Å². The predicted molar refractivity (Wildman–Crippen MR) is 112 cm³/mol. The van der Waals surface area contributed by atoms with Crippen molar-refractivity contribution in [3.05, 3.63) is 28.7 Å². The van der Waals surface area contributed by atoms with Crippen molar-refractivity contribution >= 4 is 46.7 Å². The number of nitrogens with one attached hydrogen (secondary N) is 1. The molecular formula is C19H22N2O6S2. The average Bonchev–Trinajstić information content (AvgIpc) is 3.22. The van der Waals surface area contributed by atoms with Gasteiger partial charge < -0.3 is 19.9 Å².